The van der Waals surface area contributed by atoms with Gasteiger partial charge in [0.25, 0.3) is 5.91 Å². The molecule has 18 heavy (non-hydrogen) atoms. The van der Waals surface area contributed by atoms with Crippen LogP contribution in [0.15, 0.2) is 22.6 Å². The van der Waals surface area contributed by atoms with Crippen LogP contribution in [0.5, 0.6) is 0 Å². The smallest absolute Gasteiger partial charge is 0.270 e. The van der Waals surface area contributed by atoms with Crippen molar-refractivity contribution in [1.82, 2.24) is 15.3 Å². The summed E-state index contributed by atoms with van der Waals surface area (Å²) >= 11 is 5.69. The molecule has 6 heteroatoms. The highest BCUT2D eigenvalue weighted by Gasteiger charge is 2.10. The molecule has 2 heterocycles. The summed E-state index contributed by atoms with van der Waals surface area (Å²) in [4.78, 5) is 19.6. The van der Waals surface area contributed by atoms with Crippen LogP contribution < -0.4 is 5.32 Å². The van der Waals surface area contributed by atoms with Crippen molar-refractivity contribution in [2.45, 2.75) is 20.4 Å². The SMILES string of the molecule is Cc1cc(C(=O)NCc2ccc(C)o2)nc(Cl)n1. The van der Waals surface area contributed by atoms with Gasteiger partial charge in [0.15, 0.2) is 0 Å². The third kappa shape index (κ3) is 3.07. The van der Waals surface area contributed by atoms with Crippen molar-refractivity contribution >= 4 is 17.5 Å². The number of nitrogens with zero attached hydrogens (tertiary/aromatic N) is 2. The summed E-state index contributed by atoms with van der Waals surface area (Å²) < 4.78 is 5.34. The molecular formula is C12H12ClN3O2. The summed E-state index contributed by atoms with van der Waals surface area (Å²) in [6.07, 6.45) is 0. The number of carbonyl (C=O) groups is 1. The van der Waals surface area contributed by atoms with Crippen molar-refractivity contribution in [2.24, 2.45) is 0 Å². The van der Waals surface area contributed by atoms with Crippen LogP contribution in [0, 0.1) is 13.8 Å². The monoisotopic (exact) mass is 265 g/mol. The number of furan rings is 1. The third-order valence-electron chi connectivity index (χ3n) is 2.28. The average molecular weight is 266 g/mol. The van der Waals surface area contributed by atoms with E-state index in [9.17, 15) is 4.79 Å². The zero-order valence-corrected chi connectivity index (χ0v) is 10.8. The van der Waals surface area contributed by atoms with Gasteiger partial charge >= 0.3 is 0 Å². The van der Waals surface area contributed by atoms with Crippen LogP contribution in [0.3, 0.4) is 0 Å². The molecule has 2 aromatic heterocycles. The van der Waals surface area contributed by atoms with Crippen molar-refractivity contribution in [3.63, 3.8) is 0 Å². The molecule has 0 saturated carbocycles. The summed E-state index contributed by atoms with van der Waals surface area (Å²) in [7, 11) is 0. The van der Waals surface area contributed by atoms with Crippen LogP contribution >= 0.6 is 11.6 Å². The molecule has 1 N–H and O–H groups in total. The Labute approximate surface area is 109 Å². The van der Waals surface area contributed by atoms with Gasteiger partial charge in [-0.3, -0.25) is 4.79 Å². The Hall–Kier alpha value is -1.88. The highest BCUT2D eigenvalue weighted by atomic mass is 35.5. The first-order valence-electron chi connectivity index (χ1n) is 5.39. The molecule has 0 bridgehead atoms. The Balaban J connectivity index is 2.03. The number of halogens is 1. The fourth-order valence-electron chi connectivity index (χ4n) is 1.49. The molecule has 0 aromatic carbocycles. The predicted molar refractivity (Wildman–Crippen MR) is 66.4 cm³/mol. The lowest BCUT2D eigenvalue weighted by atomic mass is 10.3. The second kappa shape index (κ2) is 5.18. The molecule has 0 spiro atoms. The molecule has 0 aliphatic rings. The van der Waals surface area contributed by atoms with Gasteiger partial charge in [0.05, 0.1) is 6.54 Å². The van der Waals surface area contributed by atoms with Gasteiger partial charge in [-0.25, -0.2) is 9.97 Å². The van der Waals surface area contributed by atoms with Gasteiger partial charge in [-0.1, -0.05) is 0 Å². The van der Waals surface area contributed by atoms with Crippen LogP contribution in [0.4, 0.5) is 0 Å². The Bertz CT molecular complexity index is 560. The van der Waals surface area contributed by atoms with E-state index in [1.54, 1.807) is 13.0 Å². The van der Waals surface area contributed by atoms with Crippen LogP contribution in [-0.2, 0) is 6.54 Å². The van der Waals surface area contributed by atoms with E-state index in [1.807, 2.05) is 19.1 Å². The third-order valence-corrected chi connectivity index (χ3v) is 2.45. The predicted octanol–water partition coefficient (Wildman–Crippen LogP) is 2.27. The number of hydrogen-bond donors (Lipinski definition) is 1. The molecule has 5 nitrogen and oxygen atoms in total. The maximum Gasteiger partial charge on any atom is 0.270 e. The fourth-order valence-corrected chi connectivity index (χ4v) is 1.71. The minimum absolute atomic E-state index is 0.0639. The largest absolute Gasteiger partial charge is 0.465 e. The van der Waals surface area contributed by atoms with Gasteiger partial charge in [0.1, 0.15) is 17.2 Å². The highest BCUT2D eigenvalue weighted by molar-refractivity contribution is 6.28. The zero-order valence-electron chi connectivity index (χ0n) is 10.0. The molecule has 2 rings (SSSR count). The molecule has 94 valence electrons. The minimum Gasteiger partial charge on any atom is -0.465 e. The number of carbonyl (C=O) groups excluding carboxylic acids is 1. The Kier molecular flexibility index (Phi) is 3.62. The summed E-state index contributed by atoms with van der Waals surface area (Å²) in [6.45, 7) is 3.91. The molecule has 0 saturated heterocycles. The van der Waals surface area contributed by atoms with Crippen LogP contribution in [0.2, 0.25) is 5.28 Å². The summed E-state index contributed by atoms with van der Waals surface area (Å²) in [6, 6.07) is 5.23. The molecule has 1 amide bonds. The quantitative estimate of drug-likeness (QED) is 0.865. The van der Waals surface area contributed by atoms with E-state index >= 15 is 0 Å². The van der Waals surface area contributed by atoms with Gasteiger partial charge in [-0.15, -0.1) is 0 Å². The molecule has 0 fully saturated rings. The Morgan fingerprint density at radius 2 is 2.17 bits per heavy atom. The van der Waals surface area contributed by atoms with E-state index in [1.165, 1.54) is 0 Å². The second-order valence-corrected chi connectivity index (χ2v) is 4.20. The second-order valence-electron chi connectivity index (χ2n) is 3.86. The van der Waals surface area contributed by atoms with Crippen molar-refractivity contribution in [2.75, 3.05) is 0 Å². The molecule has 0 atom stereocenters. The lowest BCUT2D eigenvalue weighted by Gasteiger charge is -2.03. The first-order valence-corrected chi connectivity index (χ1v) is 5.77. The van der Waals surface area contributed by atoms with E-state index in [0.717, 1.165) is 5.76 Å². The van der Waals surface area contributed by atoms with E-state index < -0.39 is 0 Å². The molecule has 0 unspecified atom stereocenters. The van der Waals surface area contributed by atoms with E-state index in [-0.39, 0.29) is 16.9 Å². The Morgan fingerprint density at radius 1 is 1.39 bits per heavy atom. The molecular weight excluding hydrogens is 254 g/mol. The average Bonchev–Trinajstić information content (AvgIpc) is 2.70. The van der Waals surface area contributed by atoms with Gasteiger partial charge in [0.2, 0.25) is 5.28 Å². The van der Waals surface area contributed by atoms with Gasteiger partial charge < -0.3 is 9.73 Å². The Morgan fingerprint density at radius 3 is 2.78 bits per heavy atom. The fraction of sp³-hybridized carbons (Fsp3) is 0.250. The molecule has 0 aliphatic carbocycles. The molecule has 0 aliphatic heterocycles. The van der Waals surface area contributed by atoms with Crippen LogP contribution in [0.25, 0.3) is 0 Å². The highest BCUT2D eigenvalue weighted by Crippen LogP contribution is 2.07. The van der Waals surface area contributed by atoms with Crippen LogP contribution in [-0.4, -0.2) is 15.9 Å². The first-order chi connectivity index (χ1) is 8.54. The van der Waals surface area contributed by atoms with Gasteiger partial charge in [-0.2, -0.15) is 0 Å². The van der Waals surface area contributed by atoms with Crippen molar-refractivity contribution in [3.05, 3.63) is 46.4 Å². The number of rotatable bonds is 3. The van der Waals surface area contributed by atoms with E-state index in [4.69, 9.17) is 16.0 Å². The lowest BCUT2D eigenvalue weighted by Crippen LogP contribution is -2.24. The van der Waals surface area contributed by atoms with Gasteiger partial charge in [-0.05, 0) is 43.6 Å². The first kappa shape index (κ1) is 12.6. The maximum absolute atomic E-state index is 11.8. The molecule has 0 radical (unpaired) electrons. The van der Waals surface area contributed by atoms with E-state index in [2.05, 4.69) is 15.3 Å². The summed E-state index contributed by atoms with van der Waals surface area (Å²) in [5.74, 6) is 1.19. The van der Waals surface area contributed by atoms with Crippen LogP contribution in [0.1, 0.15) is 27.7 Å². The number of amides is 1. The summed E-state index contributed by atoms with van der Waals surface area (Å²) in [5, 5.41) is 2.77. The number of aryl methyl sites for hydroxylation is 2. The molecule has 2 aromatic rings. The summed E-state index contributed by atoms with van der Waals surface area (Å²) in [5.41, 5.74) is 0.893. The number of hydrogen-bond acceptors (Lipinski definition) is 4. The zero-order chi connectivity index (χ0) is 13.1. The minimum atomic E-state index is -0.309. The van der Waals surface area contributed by atoms with Crippen molar-refractivity contribution in [1.29, 1.82) is 0 Å². The van der Waals surface area contributed by atoms with E-state index in [0.29, 0.717) is 18.0 Å². The van der Waals surface area contributed by atoms with Gasteiger partial charge in [0, 0.05) is 5.69 Å². The number of nitrogens with one attached hydrogen (secondary N) is 1. The normalized spacial score (nSPS) is 10.4. The topological polar surface area (TPSA) is 68.0 Å². The van der Waals surface area contributed by atoms with Crippen molar-refractivity contribution in [3.8, 4) is 0 Å². The standard InChI is InChI=1S/C12H12ClN3O2/c1-7-5-10(16-12(13)15-7)11(17)14-6-9-4-3-8(2)18-9/h3-5H,6H2,1-2H3,(H,14,17). The number of aromatic nitrogens is 2. The lowest BCUT2D eigenvalue weighted by molar-refractivity contribution is 0.0942. The van der Waals surface area contributed by atoms with Crippen molar-refractivity contribution < 1.29 is 9.21 Å². The maximum atomic E-state index is 11.8.